The number of rotatable bonds is 23. The Morgan fingerprint density at radius 2 is 0.586 bits per heavy atom. The van der Waals surface area contributed by atoms with Crippen LogP contribution in [0.25, 0.3) is 0 Å². The number of carboxylic acid groups (broad SMARTS) is 1. The third-order valence-corrected chi connectivity index (χ3v) is 15.5. The van der Waals surface area contributed by atoms with Crippen LogP contribution in [0.5, 0.6) is 18.0 Å². The summed E-state index contributed by atoms with van der Waals surface area (Å²) in [5, 5.41) is 23.1. The van der Waals surface area contributed by atoms with Gasteiger partial charge in [-0.2, -0.15) is 145 Å². The maximum absolute atomic E-state index is 12.6. The molecule has 133 heavy (non-hydrogen) atoms. The summed E-state index contributed by atoms with van der Waals surface area (Å²) in [5.74, 6) is -2.87. The number of nitrogens with two attached hydrogens (primary N) is 3. The van der Waals surface area contributed by atoms with Gasteiger partial charge in [-0.1, -0.05) is 123 Å². The Morgan fingerprint density at radius 1 is 0.361 bits per heavy atom. The number of carbonyl (C=O) groups is 6. The zero-order chi connectivity index (χ0) is 101. The molecule has 10 aromatic rings. The first-order valence-electron chi connectivity index (χ1n) is 35.5. The predicted octanol–water partition coefficient (Wildman–Crippen LogP) is 15.9. The van der Waals surface area contributed by atoms with Gasteiger partial charge in [0.05, 0.1) is 38.7 Å². The van der Waals surface area contributed by atoms with Crippen molar-refractivity contribution in [2.24, 2.45) is 0 Å². The van der Waals surface area contributed by atoms with Crippen LogP contribution in [0.15, 0.2) is 151 Å². The summed E-state index contributed by atoms with van der Waals surface area (Å²) in [5.41, 5.74) is 12.8. The molecule has 4 aromatic heterocycles. The van der Waals surface area contributed by atoms with Gasteiger partial charge in [0.1, 0.15) is 12.4 Å². The molecule has 6 aromatic carbocycles. The first-order valence-corrected chi connectivity index (χ1v) is 40.9. The molecule has 0 aliphatic rings. The van der Waals surface area contributed by atoms with Crippen molar-refractivity contribution in [3.63, 3.8) is 0 Å². The summed E-state index contributed by atoms with van der Waals surface area (Å²) in [7, 11) is 1.00. The number of alkyl halides is 20. The Balaban J connectivity index is 0. The summed E-state index contributed by atoms with van der Waals surface area (Å²) in [6.45, 7) is 1.38. The van der Waals surface area contributed by atoms with Gasteiger partial charge in [0.15, 0.2) is 48.1 Å². The molecule has 9 N–H and O–H groups in total. The molecule has 0 saturated carbocycles. The molecule has 0 amide bonds. The number of carbonyl (C=O) groups excluding carboxylic acids is 5. The average Bonchev–Trinajstić information content (AvgIpc) is 0.869. The largest absolute Gasteiger partial charge is 1.00 e. The van der Waals surface area contributed by atoms with E-state index in [-0.39, 0.29) is 175 Å². The van der Waals surface area contributed by atoms with E-state index >= 15 is 0 Å². The summed E-state index contributed by atoms with van der Waals surface area (Å²) in [4.78, 5) is 110. The summed E-state index contributed by atoms with van der Waals surface area (Å²) in [6.07, 6.45) is -23.3. The van der Waals surface area contributed by atoms with Crippen LogP contribution in [-0.2, 0) is 111 Å². The van der Waals surface area contributed by atoms with Gasteiger partial charge in [0, 0.05) is 57.7 Å². The van der Waals surface area contributed by atoms with Crippen LogP contribution in [0.4, 0.5) is 96.6 Å². The Morgan fingerprint density at radius 3 is 0.820 bits per heavy atom. The van der Waals surface area contributed by atoms with Crippen LogP contribution in [0.1, 0.15) is 87.9 Å². The van der Waals surface area contributed by atoms with E-state index in [9.17, 15) is 108 Å². The van der Waals surface area contributed by atoms with Crippen molar-refractivity contribution < 1.29 is 167 Å². The van der Waals surface area contributed by atoms with Gasteiger partial charge in [-0.15, -0.1) is 23.2 Å². The maximum atomic E-state index is 12.6. The number of aromatic nitrogens is 12. The number of benzene rings is 6. The van der Waals surface area contributed by atoms with Crippen molar-refractivity contribution in [2.45, 2.75) is 101 Å². The smallest absolute Gasteiger partial charge is 0.796 e. The van der Waals surface area contributed by atoms with Crippen molar-refractivity contribution in [1.29, 1.82) is 0 Å². The Hall–Kier alpha value is -9.34. The van der Waals surface area contributed by atoms with Gasteiger partial charge < -0.3 is 59.4 Å². The minimum atomic E-state index is -4.46. The van der Waals surface area contributed by atoms with E-state index in [1.807, 2.05) is 0 Å². The van der Waals surface area contributed by atoms with Gasteiger partial charge in [-0.05, 0) is 152 Å². The zero-order valence-electron chi connectivity index (χ0n) is 69.1. The maximum Gasteiger partial charge on any atom is 1.00 e. The van der Waals surface area contributed by atoms with Gasteiger partial charge in [-0.3, -0.25) is 28.8 Å². The van der Waals surface area contributed by atoms with Gasteiger partial charge in [0.25, 0.3) is 0 Å². The fraction of sp³-hybridized carbons (Fsp3) is 0.299. The zero-order valence-corrected chi connectivity index (χ0v) is 78.8. The second kappa shape index (κ2) is 63.8. The number of hydrogen-bond acceptors (Lipinski definition) is 28. The number of ether oxygens (including phenoxy) is 3. The molecular weight excluding hydrogens is 2040 g/mol. The van der Waals surface area contributed by atoms with Crippen molar-refractivity contribution in [1.82, 2.24) is 59.8 Å². The van der Waals surface area contributed by atoms with E-state index in [0.29, 0.717) is 17.1 Å². The van der Waals surface area contributed by atoms with Crippen LogP contribution in [0, 0.1) is 0 Å². The second-order valence-corrected chi connectivity index (χ2v) is 27.5. The van der Waals surface area contributed by atoms with E-state index in [0.717, 1.165) is 79.9 Å². The van der Waals surface area contributed by atoms with Crippen LogP contribution < -0.4 is 61.0 Å². The molecule has 27 nitrogen and oxygen atoms in total. The van der Waals surface area contributed by atoms with Gasteiger partial charge >= 0.3 is 90.6 Å². The number of ketones is 5. The van der Waals surface area contributed by atoms with E-state index in [4.69, 9.17) is 140 Å². The molecule has 0 unspecified atom stereocenters. The first kappa shape index (κ1) is 126. The van der Waals surface area contributed by atoms with Crippen LogP contribution in [-0.4, -0.2) is 161 Å². The number of Topliss-reactive ketones (excluding diaryl/α,β-unsaturated/α-hetero) is 5. The minimum Gasteiger partial charge on any atom is -0.796 e. The molecule has 0 atom stereocenters. The molecule has 0 bridgehead atoms. The number of thioether (sulfide) groups is 1. The van der Waals surface area contributed by atoms with Crippen molar-refractivity contribution in [3.05, 3.63) is 238 Å². The van der Waals surface area contributed by atoms with Crippen LogP contribution >= 0.6 is 105 Å². The number of aliphatic hydroxyl groups excluding tert-OH is 2. The second-order valence-electron chi connectivity index (χ2n) is 23.9. The third-order valence-electron chi connectivity index (χ3n) is 14.0. The molecule has 0 radical (unpaired) electrons. The summed E-state index contributed by atoms with van der Waals surface area (Å²) < 4.78 is 238. The fourth-order valence-corrected chi connectivity index (χ4v) is 9.98. The number of anilines is 3. The van der Waals surface area contributed by atoms with Gasteiger partial charge in [0.2, 0.25) is 43.6 Å². The Kier molecular flexibility index (Phi) is 60.3. The average molecular weight is 2110 g/mol. The Labute approximate surface area is 816 Å². The quantitative estimate of drug-likeness (QED) is 0.00865. The van der Waals surface area contributed by atoms with E-state index < -0.39 is 119 Å². The molecule has 10 rings (SSSR count). The Bertz CT molecular complexity index is 5000. The number of hydrogen-bond donors (Lipinski definition) is 6. The summed E-state index contributed by atoms with van der Waals surface area (Å²) >= 11 is 47.4. The predicted molar refractivity (Wildman–Crippen MR) is 456 cm³/mol. The number of halogens is 26. The standard InChI is InChI=1S/C14H13F3N4O2S.C13H8Cl2F3N3O2.C13H10ClF3N4O2.C11H11F3O.C10H9F3O2.C7H6F3N.C3Cl3N3.C3H6O2.CH2Cl2.CH4O.CH4S.Na/c1-24-13-20-11(18)19-12(21-13)23-7-10(22)6-8-3-2-4-9(5-8)14(15,16)17;14-10-19-11(15)21-12(20-10)23-6-9(22)5-7-2-1-3-8(4-7)13(16,17)18;14-10-19-11(18)21-12(20-10)23-6-9(22)5-7-2-1-3-8(4-7)13(15,16)17;1-2-10(15)7-8-4-3-5-9(6-8)11(12,13)14;11-10(12,13)8-3-1-2-7(4-8)5-9(15)6-14;8-7(9,10)5-2-1-3-6(11)4-5;4-1-7-2(5)9-3(6)8-1;1-2-3(4)5;2-1-3;2*1-2;/h2-5H,6-7H2,1H3,(H2,18,19,20,21);1-4H,5-6H2;1-4H,5-6H2,(H2,18,19,20,21);3-6H,2,7H2,1H3;1-4,14H,5-6H2;1-4H,11H2;;2H2,1H3,(H,4,5);1H2;2*2H,1H3;/q;;;;;;;;;;;+1/p-1. The van der Waals surface area contributed by atoms with Crippen molar-refractivity contribution in [2.75, 3.05) is 68.6 Å². The molecule has 722 valence electrons. The topological polar surface area (TPSA) is 424 Å². The SMILES string of the molecule is CCC(=O)Cc1cccc(C(F)(F)F)c1.CCC(=O)O.CO.CSc1nc(N)nc(OCC(=O)Cc2cccc(C(F)(F)F)c2)n1.C[S-].ClCCl.Clc1nc(Cl)nc(Cl)n1.Nc1cccc(C(F)(F)F)c1.Nc1nc(Cl)nc(OCC(=O)Cc2cccc(C(F)(F)F)c2)n1.O=C(CO)Cc1cccc(C(F)(F)F)c1.O=C(COc1nc(Cl)nc(Cl)n1)Cc1cccc(C(F)(F)F)c1.[Na+]. The molecule has 56 heteroatoms. The molecule has 4 heterocycles. The van der Waals surface area contributed by atoms with E-state index in [1.165, 1.54) is 84.6 Å². The van der Waals surface area contributed by atoms with Crippen LogP contribution in [0.3, 0.4) is 0 Å². The fourth-order valence-electron chi connectivity index (χ4n) is 8.51. The van der Waals surface area contributed by atoms with Crippen molar-refractivity contribution >= 4 is 170 Å². The number of nitrogen functional groups attached to an aromatic ring is 3. The molecule has 0 fully saturated rings. The summed E-state index contributed by atoms with van der Waals surface area (Å²) in [6, 6.07) is 26.9. The first-order chi connectivity index (χ1) is 61.5. The molecule has 0 spiro atoms. The number of aliphatic carboxylic acids is 1. The van der Waals surface area contributed by atoms with E-state index in [1.54, 1.807) is 26.4 Å². The molecular formula is C77H72Cl8F18N15NaO12S2. The monoisotopic (exact) mass is 2110 g/mol. The molecule has 0 aliphatic carbocycles. The number of aliphatic hydroxyl groups is 2. The number of nitrogens with zero attached hydrogens (tertiary/aromatic N) is 12. The number of carboxylic acids is 1. The molecule has 0 saturated heterocycles. The molecule has 0 aliphatic heterocycles. The van der Waals surface area contributed by atoms with E-state index in [2.05, 4.69) is 72.4 Å². The van der Waals surface area contributed by atoms with Crippen LogP contribution in [0.2, 0.25) is 31.7 Å². The van der Waals surface area contributed by atoms with Crippen molar-refractivity contribution in [3.8, 4) is 18.0 Å². The normalized spacial score (nSPS) is 10.7. The third kappa shape index (κ3) is 56.6. The van der Waals surface area contributed by atoms with Gasteiger partial charge in [-0.25, -0.2) is 0 Å². The minimum absolute atomic E-state index is 0.